The molecule has 2 aromatic heterocycles. The van der Waals surface area contributed by atoms with Gasteiger partial charge in [-0.15, -0.1) is 0 Å². The van der Waals surface area contributed by atoms with Gasteiger partial charge in [0.25, 0.3) is 0 Å². The van der Waals surface area contributed by atoms with Crippen LogP contribution in [0, 0.1) is 6.92 Å². The summed E-state index contributed by atoms with van der Waals surface area (Å²) in [4.78, 5) is 14.5. The minimum atomic E-state index is -1.03. The molecule has 0 saturated carbocycles. The summed E-state index contributed by atoms with van der Waals surface area (Å²) >= 11 is 0. The van der Waals surface area contributed by atoms with Gasteiger partial charge in [0.2, 0.25) is 0 Å². The average Bonchev–Trinajstić information content (AvgIpc) is 2.76. The Hall–Kier alpha value is -2.30. The zero-order chi connectivity index (χ0) is 13.1. The molecular formula is C13H14N2O3. The van der Waals surface area contributed by atoms with Gasteiger partial charge < -0.3 is 14.8 Å². The number of aromatic nitrogens is 1. The maximum atomic E-state index is 10.7. The van der Waals surface area contributed by atoms with Crippen molar-refractivity contribution in [2.75, 3.05) is 5.32 Å². The molecular weight excluding hydrogens is 232 g/mol. The summed E-state index contributed by atoms with van der Waals surface area (Å²) < 4.78 is 5.50. The quantitative estimate of drug-likeness (QED) is 0.867. The van der Waals surface area contributed by atoms with Crippen LogP contribution in [0.25, 0.3) is 0 Å². The SMILES string of the molecule is Cc1ccc(C(C)Nc2ccc(C(=O)O)nc2)o1. The number of anilines is 1. The second kappa shape index (κ2) is 4.91. The maximum absolute atomic E-state index is 10.7. The van der Waals surface area contributed by atoms with Gasteiger partial charge in [-0.2, -0.15) is 0 Å². The molecule has 0 bridgehead atoms. The number of furan rings is 1. The number of pyridine rings is 1. The Labute approximate surface area is 104 Å². The molecule has 0 fully saturated rings. The van der Waals surface area contributed by atoms with Gasteiger partial charge in [-0.25, -0.2) is 9.78 Å². The molecule has 1 atom stereocenters. The minimum absolute atomic E-state index is 0.00354. The molecule has 0 saturated heterocycles. The van der Waals surface area contributed by atoms with Gasteiger partial charge in [0.15, 0.2) is 0 Å². The molecule has 0 aromatic carbocycles. The second-order valence-corrected chi connectivity index (χ2v) is 4.05. The molecule has 2 N–H and O–H groups in total. The number of hydrogen-bond donors (Lipinski definition) is 2. The van der Waals surface area contributed by atoms with E-state index in [0.717, 1.165) is 17.2 Å². The van der Waals surface area contributed by atoms with Crippen molar-refractivity contribution in [3.8, 4) is 0 Å². The van der Waals surface area contributed by atoms with E-state index in [9.17, 15) is 4.79 Å². The fraction of sp³-hybridized carbons (Fsp3) is 0.231. The first-order valence-electron chi connectivity index (χ1n) is 5.58. The molecule has 2 aromatic rings. The first kappa shape index (κ1) is 12.2. The van der Waals surface area contributed by atoms with E-state index < -0.39 is 5.97 Å². The van der Waals surface area contributed by atoms with Crippen LogP contribution in [0.2, 0.25) is 0 Å². The standard InChI is InChI=1S/C13H14N2O3/c1-8-3-6-12(18-8)9(2)15-10-4-5-11(13(16)17)14-7-10/h3-7,9,15H,1-2H3,(H,16,17). The highest BCUT2D eigenvalue weighted by Gasteiger charge is 2.10. The molecule has 5 heteroatoms. The molecule has 5 nitrogen and oxygen atoms in total. The highest BCUT2D eigenvalue weighted by Crippen LogP contribution is 2.20. The van der Waals surface area contributed by atoms with Gasteiger partial charge in [-0.05, 0) is 38.1 Å². The van der Waals surface area contributed by atoms with Crippen molar-refractivity contribution >= 4 is 11.7 Å². The van der Waals surface area contributed by atoms with Gasteiger partial charge in [0.05, 0.1) is 17.9 Å². The summed E-state index contributed by atoms with van der Waals surface area (Å²) in [7, 11) is 0. The van der Waals surface area contributed by atoms with Crippen molar-refractivity contribution in [2.45, 2.75) is 19.9 Å². The van der Waals surface area contributed by atoms with E-state index in [2.05, 4.69) is 10.3 Å². The number of aryl methyl sites for hydroxylation is 1. The summed E-state index contributed by atoms with van der Waals surface area (Å²) in [5, 5.41) is 11.9. The Bertz CT molecular complexity index is 546. The van der Waals surface area contributed by atoms with Crippen molar-refractivity contribution in [3.05, 3.63) is 47.7 Å². The first-order chi connectivity index (χ1) is 8.56. The van der Waals surface area contributed by atoms with Crippen molar-refractivity contribution in [1.82, 2.24) is 4.98 Å². The topological polar surface area (TPSA) is 75.4 Å². The highest BCUT2D eigenvalue weighted by molar-refractivity contribution is 5.85. The second-order valence-electron chi connectivity index (χ2n) is 4.05. The molecule has 0 aliphatic carbocycles. The molecule has 1 unspecified atom stereocenters. The van der Waals surface area contributed by atoms with Gasteiger partial charge in [0, 0.05) is 0 Å². The third-order valence-electron chi connectivity index (χ3n) is 2.55. The lowest BCUT2D eigenvalue weighted by Crippen LogP contribution is -2.07. The Kier molecular flexibility index (Phi) is 3.32. The number of carbonyl (C=O) groups is 1. The van der Waals surface area contributed by atoms with E-state index in [1.165, 1.54) is 12.3 Å². The van der Waals surface area contributed by atoms with Gasteiger partial charge in [-0.3, -0.25) is 0 Å². The summed E-state index contributed by atoms with van der Waals surface area (Å²) in [6.07, 6.45) is 1.50. The number of carboxylic acid groups (broad SMARTS) is 1. The molecule has 0 aliphatic heterocycles. The zero-order valence-corrected chi connectivity index (χ0v) is 10.2. The van der Waals surface area contributed by atoms with Crippen LogP contribution < -0.4 is 5.32 Å². The van der Waals surface area contributed by atoms with Crippen LogP contribution in [0.15, 0.2) is 34.9 Å². The summed E-state index contributed by atoms with van der Waals surface area (Å²) in [6.45, 7) is 3.85. The van der Waals surface area contributed by atoms with Crippen molar-refractivity contribution < 1.29 is 14.3 Å². The molecule has 2 heterocycles. The lowest BCUT2D eigenvalue weighted by atomic mass is 10.2. The van der Waals surface area contributed by atoms with Crippen LogP contribution in [0.5, 0.6) is 0 Å². The molecule has 2 rings (SSSR count). The minimum Gasteiger partial charge on any atom is -0.477 e. The smallest absolute Gasteiger partial charge is 0.354 e. The Morgan fingerprint density at radius 3 is 2.67 bits per heavy atom. The Morgan fingerprint density at radius 1 is 1.39 bits per heavy atom. The Morgan fingerprint density at radius 2 is 2.17 bits per heavy atom. The van der Waals surface area contributed by atoms with Crippen LogP contribution >= 0.6 is 0 Å². The lowest BCUT2D eigenvalue weighted by Gasteiger charge is -2.12. The number of nitrogens with zero attached hydrogens (tertiary/aromatic N) is 1. The van der Waals surface area contributed by atoms with E-state index in [0.29, 0.717) is 0 Å². The average molecular weight is 246 g/mol. The van der Waals surface area contributed by atoms with E-state index in [1.807, 2.05) is 26.0 Å². The van der Waals surface area contributed by atoms with E-state index >= 15 is 0 Å². The molecule has 0 spiro atoms. The summed E-state index contributed by atoms with van der Waals surface area (Å²) in [6, 6.07) is 6.95. The monoisotopic (exact) mass is 246 g/mol. The largest absolute Gasteiger partial charge is 0.477 e. The van der Waals surface area contributed by atoms with E-state index in [-0.39, 0.29) is 11.7 Å². The molecule has 0 radical (unpaired) electrons. The predicted octanol–water partition coefficient (Wildman–Crippen LogP) is 2.85. The fourth-order valence-electron chi connectivity index (χ4n) is 1.61. The van der Waals surface area contributed by atoms with Crippen LogP contribution in [-0.2, 0) is 0 Å². The van der Waals surface area contributed by atoms with Crippen molar-refractivity contribution in [3.63, 3.8) is 0 Å². The molecule has 0 amide bonds. The number of aromatic carboxylic acids is 1. The van der Waals surface area contributed by atoms with Crippen molar-refractivity contribution in [2.24, 2.45) is 0 Å². The number of carboxylic acids is 1. The van der Waals surface area contributed by atoms with Crippen LogP contribution in [-0.4, -0.2) is 16.1 Å². The van der Waals surface area contributed by atoms with Gasteiger partial charge in [0.1, 0.15) is 17.2 Å². The number of nitrogens with one attached hydrogen (secondary N) is 1. The lowest BCUT2D eigenvalue weighted by molar-refractivity contribution is 0.0690. The van der Waals surface area contributed by atoms with Crippen LogP contribution in [0.1, 0.15) is 35.0 Å². The normalized spacial score (nSPS) is 12.1. The highest BCUT2D eigenvalue weighted by atomic mass is 16.4. The van der Waals surface area contributed by atoms with Gasteiger partial charge in [-0.1, -0.05) is 0 Å². The molecule has 0 aliphatic rings. The Balaban J connectivity index is 2.07. The molecule has 94 valence electrons. The predicted molar refractivity (Wildman–Crippen MR) is 66.7 cm³/mol. The van der Waals surface area contributed by atoms with Gasteiger partial charge >= 0.3 is 5.97 Å². The molecule has 18 heavy (non-hydrogen) atoms. The summed E-state index contributed by atoms with van der Waals surface area (Å²) in [5.41, 5.74) is 0.781. The van der Waals surface area contributed by atoms with E-state index in [4.69, 9.17) is 9.52 Å². The third-order valence-corrected chi connectivity index (χ3v) is 2.55. The first-order valence-corrected chi connectivity index (χ1v) is 5.58. The van der Waals surface area contributed by atoms with Crippen LogP contribution in [0.4, 0.5) is 5.69 Å². The number of rotatable bonds is 4. The maximum Gasteiger partial charge on any atom is 0.354 e. The van der Waals surface area contributed by atoms with Crippen LogP contribution in [0.3, 0.4) is 0 Å². The van der Waals surface area contributed by atoms with Crippen molar-refractivity contribution in [1.29, 1.82) is 0 Å². The third kappa shape index (κ3) is 2.68. The van der Waals surface area contributed by atoms with E-state index in [1.54, 1.807) is 6.07 Å². The summed E-state index contributed by atoms with van der Waals surface area (Å²) in [5.74, 6) is 0.657. The zero-order valence-electron chi connectivity index (χ0n) is 10.2. The fourth-order valence-corrected chi connectivity index (χ4v) is 1.61. The number of hydrogen-bond acceptors (Lipinski definition) is 4.